The minimum absolute atomic E-state index is 0.0230. The van der Waals surface area contributed by atoms with Gasteiger partial charge in [0.2, 0.25) is 26.6 Å². The van der Waals surface area contributed by atoms with Crippen LogP contribution in [-0.2, 0) is 9.84 Å². The average molecular weight is 431 g/mol. The molecule has 158 valence electrons. The predicted octanol–water partition coefficient (Wildman–Crippen LogP) is 4.56. The van der Waals surface area contributed by atoms with Gasteiger partial charge in [0.05, 0.1) is 12.0 Å². The van der Waals surface area contributed by atoms with Crippen molar-refractivity contribution in [1.82, 2.24) is 4.98 Å². The maximum atomic E-state index is 13.3. The topological polar surface area (TPSA) is 72.6 Å². The second-order valence-corrected chi connectivity index (χ2v) is 9.35. The Bertz CT molecular complexity index is 1120. The first-order chi connectivity index (χ1) is 14.4. The lowest BCUT2D eigenvalue weighted by molar-refractivity contribution is 0.414. The molecule has 0 aliphatic carbocycles. The molecule has 0 N–H and O–H groups in total. The van der Waals surface area contributed by atoms with Crippen molar-refractivity contribution < 1.29 is 22.0 Å². The molecule has 0 radical (unpaired) electrons. The van der Waals surface area contributed by atoms with E-state index in [0.29, 0.717) is 30.3 Å². The summed E-state index contributed by atoms with van der Waals surface area (Å²) in [7, 11) is -2.41. The molecule has 6 nitrogen and oxygen atoms in total. The van der Waals surface area contributed by atoms with E-state index in [4.69, 9.17) is 9.15 Å². The van der Waals surface area contributed by atoms with Gasteiger partial charge in [-0.25, -0.2) is 12.8 Å². The summed E-state index contributed by atoms with van der Waals surface area (Å²) in [6, 6.07) is 11.8. The number of hydrogen-bond donors (Lipinski definition) is 0. The molecule has 1 fully saturated rings. The Balaban J connectivity index is 1.80. The number of halogens is 1. The van der Waals surface area contributed by atoms with E-state index in [-0.39, 0.29) is 21.7 Å². The van der Waals surface area contributed by atoms with Crippen LogP contribution in [0.4, 0.5) is 10.3 Å². The van der Waals surface area contributed by atoms with Gasteiger partial charge in [-0.05, 0) is 67.3 Å². The molecule has 3 aromatic rings. The van der Waals surface area contributed by atoms with E-state index >= 15 is 0 Å². The lowest BCUT2D eigenvalue weighted by Gasteiger charge is -2.30. The van der Waals surface area contributed by atoms with Crippen molar-refractivity contribution >= 4 is 15.7 Å². The first kappa shape index (κ1) is 20.4. The van der Waals surface area contributed by atoms with Gasteiger partial charge in [-0.3, -0.25) is 0 Å². The summed E-state index contributed by atoms with van der Waals surface area (Å²) in [5.74, 6) is 1.19. The molecule has 1 saturated heterocycles. The summed E-state index contributed by atoms with van der Waals surface area (Å²) in [5.41, 5.74) is 0.642. The van der Waals surface area contributed by atoms with Crippen molar-refractivity contribution in [2.24, 2.45) is 5.92 Å². The van der Waals surface area contributed by atoms with Gasteiger partial charge in [0.15, 0.2) is 0 Å². The Morgan fingerprint density at radius 2 is 1.70 bits per heavy atom. The third-order valence-corrected chi connectivity index (χ3v) is 7.03. The normalized spacial score (nSPS) is 15.4. The van der Waals surface area contributed by atoms with E-state index in [1.165, 1.54) is 12.1 Å². The van der Waals surface area contributed by atoms with Gasteiger partial charge >= 0.3 is 0 Å². The van der Waals surface area contributed by atoms with Crippen LogP contribution in [0.3, 0.4) is 0 Å². The van der Waals surface area contributed by atoms with E-state index in [1.807, 2.05) is 4.90 Å². The Hall–Kier alpha value is -2.87. The molecule has 0 unspecified atom stereocenters. The monoisotopic (exact) mass is 430 g/mol. The fourth-order valence-corrected chi connectivity index (χ4v) is 4.79. The molecule has 1 aliphatic heterocycles. The summed E-state index contributed by atoms with van der Waals surface area (Å²) in [5, 5.41) is -0.144. The quantitative estimate of drug-likeness (QED) is 0.553. The molecule has 2 heterocycles. The highest BCUT2D eigenvalue weighted by Crippen LogP contribution is 2.36. The molecule has 1 aliphatic rings. The highest BCUT2D eigenvalue weighted by atomic mass is 32.2. The molecular formula is C22H23FN2O4S. The first-order valence-corrected chi connectivity index (χ1v) is 11.3. The molecule has 0 bridgehead atoms. The number of methoxy groups -OCH3 is 1. The van der Waals surface area contributed by atoms with Crippen LogP contribution in [0.1, 0.15) is 19.8 Å². The average Bonchev–Trinajstić information content (AvgIpc) is 3.21. The third kappa shape index (κ3) is 3.92. The molecule has 0 atom stereocenters. The maximum absolute atomic E-state index is 13.3. The van der Waals surface area contributed by atoms with Crippen molar-refractivity contribution in [3.8, 4) is 17.2 Å². The SMILES string of the molecule is COc1ccc(-c2nc(S(=O)(=O)c3ccc(F)cc3)c(N3CCC(C)CC3)o2)cc1. The number of rotatable bonds is 5. The van der Waals surface area contributed by atoms with Crippen LogP contribution >= 0.6 is 0 Å². The lowest BCUT2D eigenvalue weighted by atomic mass is 9.99. The highest BCUT2D eigenvalue weighted by molar-refractivity contribution is 7.91. The fourth-order valence-electron chi connectivity index (χ4n) is 3.47. The van der Waals surface area contributed by atoms with Gasteiger partial charge in [-0.1, -0.05) is 6.92 Å². The minimum Gasteiger partial charge on any atom is -0.497 e. The number of sulfone groups is 1. The zero-order valence-electron chi connectivity index (χ0n) is 16.8. The minimum atomic E-state index is -3.99. The lowest BCUT2D eigenvalue weighted by Crippen LogP contribution is -2.33. The first-order valence-electron chi connectivity index (χ1n) is 9.79. The molecular weight excluding hydrogens is 407 g/mol. The van der Waals surface area contributed by atoms with E-state index in [1.54, 1.807) is 31.4 Å². The summed E-state index contributed by atoms with van der Waals surface area (Å²) in [4.78, 5) is 6.27. The molecule has 0 amide bonds. The smallest absolute Gasteiger partial charge is 0.236 e. The van der Waals surface area contributed by atoms with Gasteiger partial charge in [0, 0.05) is 18.7 Å². The number of nitrogens with zero attached hydrogens (tertiary/aromatic N) is 2. The third-order valence-electron chi connectivity index (χ3n) is 5.37. The summed E-state index contributed by atoms with van der Waals surface area (Å²) >= 11 is 0. The largest absolute Gasteiger partial charge is 0.497 e. The van der Waals surface area contributed by atoms with Crippen LogP contribution in [-0.4, -0.2) is 33.6 Å². The van der Waals surface area contributed by atoms with Crippen molar-refractivity contribution in [1.29, 1.82) is 0 Å². The van der Waals surface area contributed by atoms with Gasteiger partial charge in [0.25, 0.3) is 0 Å². The summed E-state index contributed by atoms with van der Waals surface area (Å²) in [6.07, 6.45) is 1.88. The van der Waals surface area contributed by atoms with Crippen molar-refractivity contribution in [3.63, 3.8) is 0 Å². The van der Waals surface area contributed by atoms with Crippen molar-refractivity contribution in [2.75, 3.05) is 25.1 Å². The summed E-state index contributed by atoms with van der Waals surface area (Å²) < 4.78 is 51.2. The van der Waals surface area contributed by atoms with Gasteiger partial charge < -0.3 is 14.1 Å². The maximum Gasteiger partial charge on any atom is 0.236 e. The molecule has 4 rings (SSSR count). The van der Waals surface area contributed by atoms with Crippen LogP contribution < -0.4 is 9.64 Å². The second kappa shape index (κ2) is 8.10. The van der Waals surface area contributed by atoms with Crippen molar-refractivity contribution in [3.05, 3.63) is 54.3 Å². The molecule has 30 heavy (non-hydrogen) atoms. The Kier molecular flexibility index (Phi) is 5.51. The van der Waals surface area contributed by atoms with E-state index in [2.05, 4.69) is 11.9 Å². The van der Waals surface area contributed by atoms with E-state index in [0.717, 1.165) is 25.0 Å². The molecule has 2 aromatic carbocycles. The Morgan fingerprint density at radius 1 is 1.07 bits per heavy atom. The summed E-state index contributed by atoms with van der Waals surface area (Å²) in [6.45, 7) is 3.55. The van der Waals surface area contributed by atoms with Crippen LogP contribution in [0.2, 0.25) is 0 Å². The Labute approximate surface area is 175 Å². The van der Waals surface area contributed by atoms with Crippen LogP contribution in [0.25, 0.3) is 11.5 Å². The van der Waals surface area contributed by atoms with Gasteiger partial charge in [-0.15, -0.1) is 0 Å². The number of benzene rings is 2. The Morgan fingerprint density at radius 3 is 2.30 bits per heavy atom. The number of anilines is 1. The number of hydrogen-bond acceptors (Lipinski definition) is 6. The van der Waals surface area contributed by atoms with E-state index < -0.39 is 15.7 Å². The predicted molar refractivity (Wildman–Crippen MR) is 111 cm³/mol. The molecule has 1 aromatic heterocycles. The van der Waals surface area contributed by atoms with Gasteiger partial charge in [-0.2, -0.15) is 4.98 Å². The van der Waals surface area contributed by atoms with Crippen LogP contribution in [0.15, 0.2) is 62.9 Å². The van der Waals surface area contributed by atoms with Crippen molar-refractivity contribution in [2.45, 2.75) is 29.7 Å². The second-order valence-electron chi connectivity index (χ2n) is 7.48. The zero-order chi connectivity index (χ0) is 21.3. The fraction of sp³-hybridized carbons (Fsp3) is 0.318. The van der Waals surface area contributed by atoms with Crippen LogP contribution in [0, 0.1) is 11.7 Å². The number of piperidine rings is 1. The van der Waals surface area contributed by atoms with Crippen LogP contribution in [0.5, 0.6) is 5.75 Å². The molecule has 8 heteroatoms. The van der Waals surface area contributed by atoms with E-state index in [9.17, 15) is 12.8 Å². The highest BCUT2D eigenvalue weighted by Gasteiger charge is 2.32. The number of oxazole rings is 1. The number of aromatic nitrogens is 1. The standard InChI is InChI=1S/C22H23FN2O4S/c1-15-11-13-25(14-12-15)22-21(30(26,27)19-9-5-17(23)6-10-19)24-20(29-22)16-3-7-18(28-2)8-4-16/h3-10,15H,11-14H2,1-2H3. The zero-order valence-corrected chi connectivity index (χ0v) is 17.7. The van der Waals surface area contributed by atoms with Gasteiger partial charge in [0.1, 0.15) is 11.6 Å². The number of ether oxygens (including phenoxy) is 1. The molecule has 0 spiro atoms. The molecule has 0 saturated carbocycles.